The number of carbonyl (C=O) groups is 2. The lowest BCUT2D eigenvalue weighted by Gasteiger charge is -2.18. The lowest BCUT2D eigenvalue weighted by Crippen LogP contribution is -2.30. The number of ether oxygens (including phenoxy) is 1. The van der Waals surface area contributed by atoms with Crippen molar-refractivity contribution in [1.82, 2.24) is 0 Å². The maximum Gasteiger partial charge on any atom is 0.307 e. The fraction of sp³-hybridized carbons (Fsp3) is 0.500. The molecule has 1 fully saturated rings. The lowest BCUT2D eigenvalue weighted by molar-refractivity contribution is -0.145. The van der Waals surface area contributed by atoms with Gasteiger partial charge in [0.05, 0.1) is 18.9 Å². The molecule has 2 rings (SSSR count). The molecule has 1 aromatic carbocycles. The van der Waals surface area contributed by atoms with Gasteiger partial charge in [0, 0.05) is 11.3 Å². The van der Waals surface area contributed by atoms with Crippen LogP contribution in [-0.2, 0) is 9.59 Å². The fourth-order valence-electron chi connectivity index (χ4n) is 3.07. The Labute approximate surface area is 124 Å². The Bertz CT molecular complexity index is 568. The number of rotatable bonds is 4. The summed E-state index contributed by atoms with van der Waals surface area (Å²) >= 11 is 0. The van der Waals surface area contributed by atoms with Crippen LogP contribution in [0.5, 0.6) is 5.75 Å². The average molecular weight is 291 g/mol. The van der Waals surface area contributed by atoms with Crippen molar-refractivity contribution >= 4 is 17.6 Å². The second-order valence-electron chi connectivity index (χ2n) is 5.56. The van der Waals surface area contributed by atoms with E-state index < -0.39 is 17.8 Å². The molecule has 114 valence electrons. The van der Waals surface area contributed by atoms with Gasteiger partial charge in [-0.15, -0.1) is 0 Å². The van der Waals surface area contributed by atoms with E-state index in [0.29, 0.717) is 18.5 Å². The van der Waals surface area contributed by atoms with E-state index in [4.69, 9.17) is 4.74 Å². The van der Waals surface area contributed by atoms with Gasteiger partial charge in [0.1, 0.15) is 5.75 Å². The van der Waals surface area contributed by atoms with Crippen LogP contribution in [0.25, 0.3) is 0 Å². The van der Waals surface area contributed by atoms with E-state index in [1.165, 1.54) is 0 Å². The number of methoxy groups -OCH3 is 1. The van der Waals surface area contributed by atoms with Gasteiger partial charge in [0.25, 0.3) is 0 Å². The number of nitrogens with one attached hydrogen (secondary N) is 1. The molecule has 0 unspecified atom stereocenters. The zero-order valence-electron chi connectivity index (χ0n) is 12.6. The third-order valence-electron chi connectivity index (χ3n) is 4.23. The Morgan fingerprint density at radius 1 is 1.24 bits per heavy atom. The summed E-state index contributed by atoms with van der Waals surface area (Å²) in [5.74, 6) is -1.37. The summed E-state index contributed by atoms with van der Waals surface area (Å²) in [5.41, 5.74) is 2.53. The number of aryl methyl sites for hydroxylation is 1. The van der Waals surface area contributed by atoms with Gasteiger partial charge in [-0.2, -0.15) is 0 Å². The molecule has 21 heavy (non-hydrogen) atoms. The second-order valence-corrected chi connectivity index (χ2v) is 5.56. The van der Waals surface area contributed by atoms with E-state index in [9.17, 15) is 14.7 Å². The molecule has 2 N–H and O–H groups in total. The second kappa shape index (κ2) is 6.16. The summed E-state index contributed by atoms with van der Waals surface area (Å²) in [6.07, 6.45) is 1.99. The highest BCUT2D eigenvalue weighted by Gasteiger charge is 2.37. The lowest BCUT2D eigenvalue weighted by atomic mass is 9.95. The monoisotopic (exact) mass is 291 g/mol. The number of hydrogen-bond acceptors (Lipinski definition) is 3. The van der Waals surface area contributed by atoms with Crippen molar-refractivity contribution in [2.75, 3.05) is 12.4 Å². The van der Waals surface area contributed by atoms with Gasteiger partial charge in [0.15, 0.2) is 0 Å². The first kappa shape index (κ1) is 15.4. The predicted molar refractivity (Wildman–Crippen MR) is 79.6 cm³/mol. The van der Waals surface area contributed by atoms with E-state index in [-0.39, 0.29) is 5.91 Å². The summed E-state index contributed by atoms with van der Waals surface area (Å²) in [7, 11) is 1.60. The molecular weight excluding hydrogens is 270 g/mol. The molecule has 1 amide bonds. The predicted octanol–water partition coefficient (Wildman–Crippen LogP) is 2.75. The Morgan fingerprint density at radius 2 is 1.90 bits per heavy atom. The quantitative estimate of drug-likeness (QED) is 0.894. The third kappa shape index (κ3) is 3.01. The molecule has 5 heteroatoms. The largest absolute Gasteiger partial charge is 0.496 e. The van der Waals surface area contributed by atoms with Crippen molar-refractivity contribution in [2.45, 2.75) is 33.1 Å². The van der Waals surface area contributed by atoms with Crippen LogP contribution in [0.2, 0.25) is 0 Å². The van der Waals surface area contributed by atoms with Crippen LogP contribution < -0.4 is 10.1 Å². The first-order chi connectivity index (χ1) is 9.95. The van der Waals surface area contributed by atoms with Gasteiger partial charge in [0.2, 0.25) is 5.91 Å². The molecule has 1 aliphatic carbocycles. The van der Waals surface area contributed by atoms with Gasteiger partial charge >= 0.3 is 5.97 Å². The number of carbonyl (C=O) groups excluding carboxylic acids is 1. The minimum Gasteiger partial charge on any atom is -0.496 e. The minimum absolute atomic E-state index is 0.214. The van der Waals surface area contributed by atoms with Gasteiger partial charge in [-0.25, -0.2) is 0 Å². The van der Waals surface area contributed by atoms with Crippen LogP contribution in [0.4, 0.5) is 5.69 Å². The summed E-state index contributed by atoms with van der Waals surface area (Å²) < 4.78 is 5.34. The van der Waals surface area contributed by atoms with Gasteiger partial charge < -0.3 is 15.2 Å². The Kier molecular flexibility index (Phi) is 4.50. The third-order valence-corrected chi connectivity index (χ3v) is 4.23. The highest BCUT2D eigenvalue weighted by atomic mass is 16.5. The van der Waals surface area contributed by atoms with Crippen LogP contribution in [0.3, 0.4) is 0 Å². The number of hydrogen-bond donors (Lipinski definition) is 2. The maximum absolute atomic E-state index is 12.4. The number of aliphatic carboxylic acids is 1. The first-order valence-corrected chi connectivity index (χ1v) is 7.13. The van der Waals surface area contributed by atoms with Crippen LogP contribution in [0, 0.1) is 25.7 Å². The molecule has 0 radical (unpaired) electrons. The Morgan fingerprint density at radius 3 is 2.52 bits per heavy atom. The molecular formula is C16H21NO4. The first-order valence-electron chi connectivity index (χ1n) is 7.13. The zero-order valence-corrected chi connectivity index (χ0v) is 12.6. The Hall–Kier alpha value is -2.04. The molecule has 2 atom stereocenters. The van der Waals surface area contributed by atoms with Crippen molar-refractivity contribution in [3.63, 3.8) is 0 Å². The molecule has 0 saturated heterocycles. The maximum atomic E-state index is 12.4. The van der Waals surface area contributed by atoms with Gasteiger partial charge in [-0.1, -0.05) is 12.5 Å². The van der Waals surface area contributed by atoms with Crippen LogP contribution in [0.15, 0.2) is 12.1 Å². The van der Waals surface area contributed by atoms with Crippen molar-refractivity contribution in [1.29, 1.82) is 0 Å². The topological polar surface area (TPSA) is 75.6 Å². The minimum atomic E-state index is -0.883. The zero-order chi connectivity index (χ0) is 15.6. The summed E-state index contributed by atoms with van der Waals surface area (Å²) in [5, 5.41) is 12.0. The van der Waals surface area contributed by atoms with Crippen molar-refractivity contribution in [2.24, 2.45) is 11.8 Å². The van der Waals surface area contributed by atoms with Crippen LogP contribution in [0.1, 0.15) is 30.4 Å². The normalized spacial score (nSPS) is 21.1. The molecule has 1 aromatic rings. The number of anilines is 1. The average Bonchev–Trinajstić information content (AvgIpc) is 2.92. The van der Waals surface area contributed by atoms with E-state index in [2.05, 4.69) is 5.32 Å². The standard InChI is InChI=1S/C16H21NO4/c1-9-7-8-13(10(2)14(9)21-3)17-15(18)11-5-4-6-12(11)16(19)20/h7-8,11-12H,4-6H2,1-3H3,(H,17,18)(H,19,20)/t11-,12+/m1/s1. The van der Waals surface area contributed by atoms with E-state index in [0.717, 1.165) is 23.3 Å². The molecule has 1 saturated carbocycles. The van der Waals surface area contributed by atoms with E-state index >= 15 is 0 Å². The van der Waals surface area contributed by atoms with Crippen molar-refractivity contribution < 1.29 is 19.4 Å². The number of carboxylic acids is 1. The highest BCUT2D eigenvalue weighted by molar-refractivity contribution is 5.96. The van der Waals surface area contributed by atoms with Gasteiger partial charge in [-0.05, 0) is 38.3 Å². The summed E-state index contributed by atoms with van der Waals surface area (Å²) in [4.78, 5) is 23.5. The molecule has 0 spiro atoms. The van der Waals surface area contributed by atoms with Crippen molar-refractivity contribution in [3.8, 4) is 5.75 Å². The number of amides is 1. The molecule has 1 aliphatic rings. The molecule has 0 heterocycles. The fourth-order valence-corrected chi connectivity index (χ4v) is 3.07. The SMILES string of the molecule is COc1c(C)ccc(NC(=O)[C@@H]2CCC[C@@H]2C(=O)O)c1C. The smallest absolute Gasteiger partial charge is 0.307 e. The van der Waals surface area contributed by atoms with Crippen LogP contribution >= 0.6 is 0 Å². The van der Waals surface area contributed by atoms with Crippen LogP contribution in [-0.4, -0.2) is 24.1 Å². The number of carboxylic acid groups (broad SMARTS) is 1. The van der Waals surface area contributed by atoms with Gasteiger partial charge in [-0.3, -0.25) is 9.59 Å². The molecule has 5 nitrogen and oxygen atoms in total. The molecule has 0 aromatic heterocycles. The van der Waals surface area contributed by atoms with E-state index in [1.807, 2.05) is 26.0 Å². The van der Waals surface area contributed by atoms with Crippen molar-refractivity contribution in [3.05, 3.63) is 23.3 Å². The summed E-state index contributed by atoms with van der Waals surface area (Å²) in [6.45, 7) is 3.82. The highest BCUT2D eigenvalue weighted by Crippen LogP contribution is 2.34. The summed E-state index contributed by atoms with van der Waals surface area (Å²) in [6, 6.07) is 3.71. The Balaban J connectivity index is 2.18. The molecule has 0 bridgehead atoms. The van der Waals surface area contributed by atoms with E-state index in [1.54, 1.807) is 7.11 Å². The number of benzene rings is 1. The molecule has 0 aliphatic heterocycles.